The number of halogens is 2. The molecule has 0 aromatic heterocycles. The standard InChI is InChI=1S/C17H16F2N2O2/c1-10-3-2-4-11(7-10)8-15(16(20)22)21-17(23)12-5-6-13(18)14(19)9-12/h2-7,9,15H,8H2,1H3,(H2,20,22)(H,21,23)/t15-/m0/s1. The maximum Gasteiger partial charge on any atom is 0.252 e. The Labute approximate surface area is 132 Å². The molecule has 2 aromatic rings. The molecule has 3 N–H and O–H groups in total. The Balaban J connectivity index is 2.14. The van der Waals surface area contributed by atoms with Gasteiger partial charge in [-0.15, -0.1) is 0 Å². The van der Waals surface area contributed by atoms with Gasteiger partial charge in [-0.2, -0.15) is 0 Å². The second-order valence-corrected chi connectivity index (χ2v) is 5.25. The molecule has 0 radical (unpaired) electrons. The molecule has 0 spiro atoms. The second-order valence-electron chi connectivity index (χ2n) is 5.25. The van der Waals surface area contributed by atoms with Crippen molar-refractivity contribution in [2.45, 2.75) is 19.4 Å². The Hall–Kier alpha value is -2.76. The lowest BCUT2D eigenvalue weighted by molar-refractivity contribution is -0.119. The van der Waals surface area contributed by atoms with Crippen LogP contribution in [-0.2, 0) is 11.2 Å². The summed E-state index contributed by atoms with van der Waals surface area (Å²) in [6.45, 7) is 1.91. The van der Waals surface area contributed by atoms with Gasteiger partial charge < -0.3 is 11.1 Å². The minimum absolute atomic E-state index is 0.0839. The van der Waals surface area contributed by atoms with Crippen LogP contribution in [0, 0.1) is 18.6 Å². The summed E-state index contributed by atoms with van der Waals surface area (Å²) in [7, 11) is 0. The van der Waals surface area contributed by atoms with Gasteiger partial charge >= 0.3 is 0 Å². The minimum Gasteiger partial charge on any atom is -0.368 e. The van der Waals surface area contributed by atoms with Gasteiger partial charge in [0.2, 0.25) is 5.91 Å². The fraction of sp³-hybridized carbons (Fsp3) is 0.176. The van der Waals surface area contributed by atoms with E-state index in [1.807, 2.05) is 31.2 Å². The first kappa shape index (κ1) is 16.6. The summed E-state index contributed by atoms with van der Waals surface area (Å²) in [6, 6.07) is 9.24. The Morgan fingerprint density at radius 2 is 1.87 bits per heavy atom. The van der Waals surface area contributed by atoms with Crippen LogP contribution in [0.4, 0.5) is 8.78 Å². The highest BCUT2D eigenvalue weighted by atomic mass is 19.2. The smallest absolute Gasteiger partial charge is 0.252 e. The minimum atomic E-state index is -1.13. The van der Waals surface area contributed by atoms with Gasteiger partial charge in [-0.3, -0.25) is 9.59 Å². The van der Waals surface area contributed by atoms with E-state index >= 15 is 0 Å². The Morgan fingerprint density at radius 1 is 1.13 bits per heavy atom. The van der Waals surface area contributed by atoms with Gasteiger partial charge in [0.25, 0.3) is 5.91 Å². The third-order valence-electron chi connectivity index (χ3n) is 3.35. The number of primary amides is 1. The Bertz CT molecular complexity index is 747. The summed E-state index contributed by atoms with van der Waals surface area (Å²) < 4.78 is 26.1. The Morgan fingerprint density at radius 3 is 2.48 bits per heavy atom. The lowest BCUT2D eigenvalue weighted by Gasteiger charge is -2.16. The molecule has 0 fully saturated rings. The monoisotopic (exact) mass is 318 g/mol. The molecule has 2 rings (SSSR count). The fourth-order valence-electron chi connectivity index (χ4n) is 2.18. The third kappa shape index (κ3) is 4.35. The summed E-state index contributed by atoms with van der Waals surface area (Å²) in [6.07, 6.45) is 0.215. The van der Waals surface area contributed by atoms with Crippen molar-refractivity contribution in [1.82, 2.24) is 5.32 Å². The molecule has 0 aliphatic heterocycles. The summed E-state index contributed by atoms with van der Waals surface area (Å²) >= 11 is 0. The van der Waals surface area contributed by atoms with Crippen molar-refractivity contribution >= 4 is 11.8 Å². The van der Waals surface area contributed by atoms with Gasteiger partial charge in [0.1, 0.15) is 6.04 Å². The zero-order chi connectivity index (χ0) is 17.0. The largest absolute Gasteiger partial charge is 0.368 e. The number of amides is 2. The highest BCUT2D eigenvalue weighted by Gasteiger charge is 2.20. The highest BCUT2D eigenvalue weighted by molar-refractivity contribution is 5.97. The maximum atomic E-state index is 13.2. The first-order chi connectivity index (χ1) is 10.9. The molecule has 0 aliphatic rings. The molecule has 0 saturated heterocycles. The average Bonchev–Trinajstić information content (AvgIpc) is 2.49. The second kappa shape index (κ2) is 7.00. The number of benzene rings is 2. The summed E-state index contributed by atoms with van der Waals surface area (Å²) in [5.74, 6) is -3.58. The normalized spacial score (nSPS) is 11.8. The van der Waals surface area contributed by atoms with E-state index in [2.05, 4.69) is 5.32 Å². The van der Waals surface area contributed by atoms with Crippen molar-refractivity contribution in [2.24, 2.45) is 5.73 Å². The van der Waals surface area contributed by atoms with Gasteiger partial charge in [0, 0.05) is 12.0 Å². The number of carbonyl (C=O) groups excluding carboxylic acids is 2. The maximum absolute atomic E-state index is 13.2. The molecule has 2 amide bonds. The van der Waals surface area contributed by atoms with Crippen LogP contribution in [0.3, 0.4) is 0 Å². The van der Waals surface area contributed by atoms with E-state index in [1.54, 1.807) is 0 Å². The van der Waals surface area contributed by atoms with Crippen LogP contribution in [0.1, 0.15) is 21.5 Å². The van der Waals surface area contributed by atoms with Crippen LogP contribution in [0.2, 0.25) is 0 Å². The van der Waals surface area contributed by atoms with Gasteiger partial charge in [0.05, 0.1) is 0 Å². The Kier molecular flexibility index (Phi) is 5.05. The molecule has 23 heavy (non-hydrogen) atoms. The lowest BCUT2D eigenvalue weighted by Crippen LogP contribution is -2.45. The predicted octanol–water partition coefficient (Wildman–Crippen LogP) is 2.10. The van der Waals surface area contributed by atoms with Crippen LogP contribution < -0.4 is 11.1 Å². The molecule has 0 unspecified atom stereocenters. The molecule has 0 heterocycles. The number of aryl methyl sites for hydroxylation is 1. The van der Waals surface area contributed by atoms with Gasteiger partial charge in [0.15, 0.2) is 11.6 Å². The van der Waals surface area contributed by atoms with E-state index < -0.39 is 29.5 Å². The number of rotatable bonds is 5. The SMILES string of the molecule is Cc1cccc(C[C@H](NC(=O)c2ccc(F)c(F)c2)C(N)=O)c1. The molecular weight excluding hydrogens is 302 g/mol. The van der Waals surface area contributed by atoms with Crippen LogP contribution in [0.5, 0.6) is 0 Å². The first-order valence-corrected chi connectivity index (χ1v) is 6.97. The highest BCUT2D eigenvalue weighted by Crippen LogP contribution is 2.10. The molecule has 120 valence electrons. The number of nitrogens with two attached hydrogens (primary N) is 1. The van der Waals surface area contributed by atoms with Crippen molar-refractivity contribution in [3.8, 4) is 0 Å². The lowest BCUT2D eigenvalue weighted by atomic mass is 10.0. The van der Waals surface area contributed by atoms with Crippen molar-refractivity contribution < 1.29 is 18.4 Å². The van der Waals surface area contributed by atoms with Crippen molar-refractivity contribution in [3.05, 3.63) is 70.8 Å². The number of nitrogens with one attached hydrogen (secondary N) is 1. The van der Waals surface area contributed by atoms with Crippen LogP contribution in [0.25, 0.3) is 0 Å². The zero-order valence-electron chi connectivity index (χ0n) is 12.5. The van der Waals surface area contributed by atoms with Crippen LogP contribution >= 0.6 is 0 Å². The third-order valence-corrected chi connectivity index (χ3v) is 3.35. The van der Waals surface area contributed by atoms with Crippen molar-refractivity contribution in [3.63, 3.8) is 0 Å². The summed E-state index contributed by atoms with van der Waals surface area (Å²) in [5.41, 5.74) is 7.08. The van der Waals surface area contributed by atoms with E-state index in [9.17, 15) is 18.4 Å². The molecule has 6 heteroatoms. The molecule has 1 atom stereocenters. The van der Waals surface area contributed by atoms with Gasteiger partial charge in [-0.05, 0) is 30.7 Å². The average molecular weight is 318 g/mol. The van der Waals surface area contributed by atoms with Gasteiger partial charge in [-0.1, -0.05) is 29.8 Å². The molecule has 4 nitrogen and oxygen atoms in total. The molecule has 0 bridgehead atoms. The first-order valence-electron chi connectivity index (χ1n) is 6.97. The molecular formula is C17H16F2N2O2. The number of carbonyl (C=O) groups is 2. The summed E-state index contributed by atoms with van der Waals surface area (Å²) in [4.78, 5) is 23.6. The van der Waals surface area contributed by atoms with Gasteiger partial charge in [-0.25, -0.2) is 8.78 Å². The predicted molar refractivity (Wildman–Crippen MR) is 81.7 cm³/mol. The topological polar surface area (TPSA) is 72.2 Å². The van der Waals surface area contributed by atoms with Crippen LogP contribution in [0.15, 0.2) is 42.5 Å². The van der Waals surface area contributed by atoms with Crippen LogP contribution in [-0.4, -0.2) is 17.9 Å². The summed E-state index contributed by atoms with van der Waals surface area (Å²) in [5, 5.41) is 2.44. The quantitative estimate of drug-likeness (QED) is 0.886. The van der Waals surface area contributed by atoms with Crippen molar-refractivity contribution in [1.29, 1.82) is 0 Å². The molecule has 0 saturated carbocycles. The van der Waals surface area contributed by atoms with E-state index in [1.165, 1.54) is 0 Å². The molecule has 0 aliphatic carbocycles. The molecule has 2 aromatic carbocycles. The van der Waals surface area contributed by atoms with E-state index in [4.69, 9.17) is 5.73 Å². The van der Waals surface area contributed by atoms with E-state index in [-0.39, 0.29) is 12.0 Å². The van der Waals surface area contributed by atoms with E-state index in [0.29, 0.717) is 0 Å². The van der Waals surface area contributed by atoms with E-state index in [0.717, 1.165) is 29.3 Å². The number of hydrogen-bond donors (Lipinski definition) is 2. The fourth-order valence-corrected chi connectivity index (χ4v) is 2.18. The van der Waals surface area contributed by atoms with Crippen molar-refractivity contribution in [2.75, 3.05) is 0 Å². The zero-order valence-corrected chi connectivity index (χ0v) is 12.5. The number of hydrogen-bond acceptors (Lipinski definition) is 2.